The van der Waals surface area contributed by atoms with Gasteiger partial charge in [0.1, 0.15) is 18.2 Å². The summed E-state index contributed by atoms with van der Waals surface area (Å²) < 4.78 is 7.89. The van der Waals surface area contributed by atoms with Crippen molar-refractivity contribution >= 4 is 0 Å². The SMILES string of the molecule is CCNCc1cccc(OCc2nccn2CC)c1. The molecule has 0 saturated carbocycles. The quantitative estimate of drug-likeness (QED) is 0.830. The molecule has 19 heavy (non-hydrogen) atoms. The Balaban J connectivity index is 1.95. The highest BCUT2D eigenvalue weighted by atomic mass is 16.5. The van der Waals surface area contributed by atoms with Crippen LogP contribution in [0.15, 0.2) is 36.7 Å². The van der Waals surface area contributed by atoms with E-state index in [9.17, 15) is 0 Å². The molecule has 1 aromatic carbocycles. The molecule has 1 aromatic heterocycles. The van der Waals surface area contributed by atoms with Crippen LogP contribution in [-0.2, 0) is 19.7 Å². The number of hydrogen-bond acceptors (Lipinski definition) is 3. The zero-order valence-electron chi connectivity index (χ0n) is 11.6. The van der Waals surface area contributed by atoms with Crippen molar-refractivity contribution in [3.8, 4) is 5.75 Å². The van der Waals surface area contributed by atoms with Crippen LogP contribution in [0.1, 0.15) is 25.2 Å². The van der Waals surface area contributed by atoms with Gasteiger partial charge in [0.05, 0.1) is 0 Å². The predicted octanol–water partition coefficient (Wildman–Crippen LogP) is 2.59. The van der Waals surface area contributed by atoms with Gasteiger partial charge in [-0.15, -0.1) is 0 Å². The summed E-state index contributed by atoms with van der Waals surface area (Å²) >= 11 is 0. The molecule has 0 atom stereocenters. The van der Waals surface area contributed by atoms with E-state index in [0.717, 1.165) is 31.2 Å². The third-order valence-corrected chi connectivity index (χ3v) is 2.99. The average Bonchev–Trinajstić information content (AvgIpc) is 2.91. The summed E-state index contributed by atoms with van der Waals surface area (Å²) in [7, 11) is 0. The Morgan fingerprint density at radius 3 is 3.00 bits per heavy atom. The van der Waals surface area contributed by atoms with Crippen molar-refractivity contribution < 1.29 is 4.74 Å². The normalized spacial score (nSPS) is 10.6. The minimum Gasteiger partial charge on any atom is -0.486 e. The molecule has 0 bridgehead atoms. The zero-order chi connectivity index (χ0) is 13.5. The molecule has 0 radical (unpaired) electrons. The topological polar surface area (TPSA) is 39.1 Å². The van der Waals surface area contributed by atoms with E-state index in [-0.39, 0.29) is 0 Å². The molecular weight excluding hydrogens is 238 g/mol. The van der Waals surface area contributed by atoms with Gasteiger partial charge in [0, 0.05) is 25.5 Å². The molecule has 4 nitrogen and oxygen atoms in total. The third-order valence-electron chi connectivity index (χ3n) is 2.99. The van der Waals surface area contributed by atoms with Crippen molar-refractivity contribution in [2.24, 2.45) is 0 Å². The second-order valence-electron chi connectivity index (χ2n) is 4.35. The molecule has 0 saturated heterocycles. The van der Waals surface area contributed by atoms with Crippen LogP contribution in [0.2, 0.25) is 0 Å². The molecule has 0 amide bonds. The van der Waals surface area contributed by atoms with E-state index in [2.05, 4.69) is 40.8 Å². The lowest BCUT2D eigenvalue weighted by Gasteiger charge is -2.09. The van der Waals surface area contributed by atoms with E-state index in [0.29, 0.717) is 6.61 Å². The van der Waals surface area contributed by atoms with Gasteiger partial charge in [-0.25, -0.2) is 4.98 Å². The van der Waals surface area contributed by atoms with Crippen LogP contribution >= 0.6 is 0 Å². The van der Waals surface area contributed by atoms with Crippen molar-refractivity contribution in [2.75, 3.05) is 6.54 Å². The van der Waals surface area contributed by atoms with Crippen LogP contribution in [0, 0.1) is 0 Å². The van der Waals surface area contributed by atoms with Crippen LogP contribution < -0.4 is 10.1 Å². The summed E-state index contributed by atoms with van der Waals surface area (Å²) in [5.41, 5.74) is 1.23. The maximum atomic E-state index is 5.80. The lowest BCUT2D eigenvalue weighted by Crippen LogP contribution is -2.11. The van der Waals surface area contributed by atoms with Gasteiger partial charge in [-0.3, -0.25) is 0 Å². The standard InChI is InChI=1S/C15H21N3O/c1-3-16-11-13-6-5-7-14(10-13)19-12-15-17-8-9-18(15)4-2/h5-10,16H,3-4,11-12H2,1-2H3. The van der Waals surface area contributed by atoms with Crippen molar-refractivity contribution in [1.82, 2.24) is 14.9 Å². The summed E-state index contributed by atoms with van der Waals surface area (Å²) in [4.78, 5) is 4.30. The van der Waals surface area contributed by atoms with Gasteiger partial charge in [0.2, 0.25) is 0 Å². The number of ether oxygens (including phenoxy) is 1. The summed E-state index contributed by atoms with van der Waals surface area (Å²) in [6.07, 6.45) is 3.78. The molecule has 0 fully saturated rings. The number of benzene rings is 1. The van der Waals surface area contributed by atoms with Gasteiger partial charge in [-0.2, -0.15) is 0 Å². The van der Waals surface area contributed by atoms with Gasteiger partial charge in [-0.1, -0.05) is 19.1 Å². The molecule has 0 aliphatic rings. The third kappa shape index (κ3) is 3.83. The minimum absolute atomic E-state index is 0.505. The van der Waals surface area contributed by atoms with Crippen LogP contribution in [0.5, 0.6) is 5.75 Å². The Morgan fingerprint density at radius 1 is 1.32 bits per heavy atom. The largest absolute Gasteiger partial charge is 0.486 e. The van der Waals surface area contributed by atoms with E-state index >= 15 is 0 Å². The van der Waals surface area contributed by atoms with E-state index < -0.39 is 0 Å². The molecule has 1 heterocycles. The fourth-order valence-corrected chi connectivity index (χ4v) is 1.93. The van der Waals surface area contributed by atoms with Gasteiger partial charge in [-0.05, 0) is 31.2 Å². The highest BCUT2D eigenvalue weighted by Crippen LogP contribution is 2.14. The number of aryl methyl sites for hydroxylation is 1. The maximum absolute atomic E-state index is 5.80. The molecular formula is C15H21N3O. The predicted molar refractivity (Wildman–Crippen MR) is 76.1 cm³/mol. The van der Waals surface area contributed by atoms with Crippen molar-refractivity contribution in [3.63, 3.8) is 0 Å². The molecule has 0 unspecified atom stereocenters. The van der Waals surface area contributed by atoms with E-state index in [1.54, 1.807) is 0 Å². The molecule has 0 aliphatic carbocycles. The fraction of sp³-hybridized carbons (Fsp3) is 0.400. The van der Waals surface area contributed by atoms with Gasteiger partial charge < -0.3 is 14.6 Å². The average molecular weight is 259 g/mol. The van der Waals surface area contributed by atoms with Crippen LogP contribution in [0.25, 0.3) is 0 Å². The van der Waals surface area contributed by atoms with Crippen LogP contribution in [0.3, 0.4) is 0 Å². The Labute approximate surface area is 114 Å². The number of nitrogens with one attached hydrogen (secondary N) is 1. The molecule has 0 spiro atoms. The molecule has 2 aromatic rings. The molecule has 4 heteroatoms. The second kappa shape index (κ2) is 6.95. The summed E-state index contributed by atoms with van der Waals surface area (Å²) in [6.45, 7) is 7.47. The number of imidazole rings is 1. The molecule has 102 valence electrons. The zero-order valence-corrected chi connectivity index (χ0v) is 11.6. The first kappa shape index (κ1) is 13.6. The number of rotatable bonds is 7. The van der Waals surface area contributed by atoms with E-state index in [1.165, 1.54) is 5.56 Å². The Kier molecular flexibility index (Phi) is 4.98. The molecule has 2 rings (SSSR count). The molecule has 0 aliphatic heterocycles. The first-order valence-electron chi connectivity index (χ1n) is 6.76. The summed E-state index contributed by atoms with van der Waals surface area (Å²) in [6, 6.07) is 8.17. The summed E-state index contributed by atoms with van der Waals surface area (Å²) in [5, 5.41) is 3.31. The fourth-order valence-electron chi connectivity index (χ4n) is 1.93. The number of nitrogens with zero attached hydrogens (tertiary/aromatic N) is 2. The number of aromatic nitrogens is 2. The lowest BCUT2D eigenvalue weighted by atomic mass is 10.2. The monoisotopic (exact) mass is 259 g/mol. The van der Waals surface area contributed by atoms with Crippen molar-refractivity contribution in [1.29, 1.82) is 0 Å². The maximum Gasteiger partial charge on any atom is 0.146 e. The van der Waals surface area contributed by atoms with Gasteiger partial charge in [0.25, 0.3) is 0 Å². The van der Waals surface area contributed by atoms with Crippen molar-refractivity contribution in [2.45, 2.75) is 33.5 Å². The van der Waals surface area contributed by atoms with Gasteiger partial charge >= 0.3 is 0 Å². The van der Waals surface area contributed by atoms with Crippen LogP contribution in [0.4, 0.5) is 0 Å². The van der Waals surface area contributed by atoms with Gasteiger partial charge in [0.15, 0.2) is 0 Å². The smallest absolute Gasteiger partial charge is 0.146 e. The lowest BCUT2D eigenvalue weighted by molar-refractivity contribution is 0.289. The second-order valence-corrected chi connectivity index (χ2v) is 4.35. The highest BCUT2D eigenvalue weighted by Gasteiger charge is 2.02. The van der Waals surface area contributed by atoms with E-state index in [4.69, 9.17) is 4.74 Å². The van der Waals surface area contributed by atoms with E-state index in [1.807, 2.05) is 24.5 Å². The van der Waals surface area contributed by atoms with Crippen molar-refractivity contribution in [3.05, 3.63) is 48.0 Å². The van der Waals surface area contributed by atoms with Crippen LogP contribution in [-0.4, -0.2) is 16.1 Å². The Morgan fingerprint density at radius 2 is 2.21 bits per heavy atom. The first-order valence-corrected chi connectivity index (χ1v) is 6.76. The summed E-state index contributed by atoms with van der Waals surface area (Å²) in [5.74, 6) is 1.85. The minimum atomic E-state index is 0.505. The molecule has 1 N–H and O–H groups in total. The Bertz CT molecular complexity index is 508. The Hall–Kier alpha value is -1.81. The number of hydrogen-bond donors (Lipinski definition) is 1. The first-order chi connectivity index (χ1) is 9.33. The highest BCUT2D eigenvalue weighted by molar-refractivity contribution is 5.28.